The van der Waals surface area contributed by atoms with E-state index in [1.807, 2.05) is 41.5 Å². The van der Waals surface area contributed by atoms with Gasteiger partial charge in [-0.3, -0.25) is 27.8 Å². The van der Waals surface area contributed by atoms with E-state index in [1.165, 1.54) is 103 Å². The maximum Gasteiger partial charge on any atom is 0.397 e. The lowest BCUT2D eigenvalue weighted by molar-refractivity contribution is -0.365. The van der Waals surface area contributed by atoms with E-state index in [2.05, 4.69) is 21.4 Å². The Morgan fingerprint density at radius 3 is 1.05 bits per heavy atom. The summed E-state index contributed by atoms with van der Waals surface area (Å²) in [6.07, 6.45) is -44.2. The van der Waals surface area contributed by atoms with Gasteiger partial charge in [0.15, 0.2) is 61.8 Å². The van der Waals surface area contributed by atoms with Crippen LogP contribution >= 0.6 is 0 Å². The summed E-state index contributed by atoms with van der Waals surface area (Å²) < 4.78 is 257. The second-order valence-corrected chi connectivity index (χ2v) is 37.9. The van der Waals surface area contributed by atoms with Gasteiger partial charge in [0.05, 0.1) is 56.3 Å². The molecule has 4 aliphatic heterocycles. The summed E-state index contributed by atoms with van der Waals surface area (Å²) in [6, 6.07) is 22.2. The Bertz CT molecular complexity index is 4570. The molecule has 4 aliphatic rings. The summed E-state index contributed by atoms with van der Waals surface area (Å²) in [6.45, 7) is 14.2. The van der Waals surface area contributed by atoms with Crippen molar-refractivity contribution in [1.29, 1.82) is 0 Å². The van der Waals surface area contributed by atoms with Crippen molar-refractivity contribution in [2.24, 2.45) is 0 Å². The molecular formula is C70H88N2O39S4Si. The molecule has 4 fully saturated rings. The number of esters is 6. The molecule has 46 heteroatoms. The molecule has 4 aromatic rings. The molecule has 8 unspecified atom stereocenters. The third-order valence-corrected chi connectivity index (χ3v) is 26.9. The van der Waals surface area contributed by atoms with Gasteiger partial charge in [-0.2, -0.15) is 33.7 Å². The van der Waals surface area contributed by atoms with Crippen LogP contribution in [0.3, 0.4) is 0 Å². The standard InChI is InChI=1S/C70H88N2O39S4Si/c1-13-34-95-65-45(71-37(2)73)49(47(109-114(87,88)89)43(98-65)35-96-112(81,82)83)104-67-57(102-61(77)41-30-22-16-23-31-41)52(100-59(75)39-26-18-14-19-27-39)51(55(107-67)63(79)93-10)106-66-46(72-38(3)74)50(48(110-115(90,91)92)44(99-66)36-97-113(84,85)86)105-68-58(103-62(78)42-32-24-17-25-33-42)53(101-60(76)40-28-20-15-21-29-40)54(56(108-68)64(80)94-11)111-116(12,69(4,5)6)70(7,8)9/h13-33,43-58,65-68H,1,34-36H2,2-12H3,(H,71,73)(H,72,74)(H,81,82,83)(H,84,85,86)(H,87,88,89)(H,90,91,92)/t43?,44?,45?,46?,47-,48-,49+,50+,51-,52-,53-,54-,55?,56?,57?,58?,65+,66-,67+,68+/m0/s1. The Morgan fingerprint density at radius 1 is 0.431 bits per heavy atom. The van der Waals surface area contributed by atoms with E-state index in [0.717, 1.165) is 46.3 Å². The topological polar surface area (TPSA) is 553 Å². The zero-order chi connectivity index (χ0) is 85.8. The Balaban J connectivity index is 1.42. The van der Waals surface area contributed by atoms with Crippen LogP contribution in [-0.2, 0) is 148 Å². The molecule has 0 radical (unpaired) electrons. The number of carbonyl (C=O) groups excluding carboxylic acids is 8. The average molecular weight is 1740 g/mol. The van der Waals surface area contributed by atoms with Crippen molar-refractivity contribution in [2.75, 3.05) is 34.0 Å². The van der Waals surface area contributed by atoms with E-state index < -0.39 is 250 Å². The minimum atomic E-state index is -6.08. The first-order chi connectivity index (χ1) is 54.1. The Hall–Kier alpha value is -8.28. The zero-order valence-electron chi connectivity index (χ0n) is 63.7. The van der Waals surface area contributed by atoms with Crippen LogP contribution in [0.4, 0.5) is 0 Å². The van der Waals surface area contributed by atoms with Crippen molar-refractivity contribution < 1.29 is 178 Å². The fourth-order valence-corrected chi connectivity index (χ4v) is 18.3. The third kappa shape index (κ3) is 24.7. The van der Waals surface area contributed by atoms with E-state index in [9.17, 15) is 80.6 Å². The average Bonchev–Trinajstić information content (AvgIpc) is 0.743. The summed E-state index contributed by atoms with van der Waals surface area (Å²) in [7, 11) is -25.3. The first-order valence-electron chi connectivity index (χ1n) is 34.9. The van der Waals surface area contributed by atoms with Crippen LogP contribution in [0.1, 0.15) is 96.8 Å². The fraction of sp³-hybridized carbons (Fsp3) is 0.514. The minimum absolute atomic E-state index is 0.171. The van der Waals surface area contributed by atoms with Crippen molar-refractivity contribution in [3.63, 3.8) is 0 Å². The highest BCUT2D eigenvalue weighted by molar-refractivity contribution is 7.81. The van der Waals surface area contributed by atoms with Crippen LogP contribution in [-0.4, -0.2) is 265 Å². The van der Waals surface area contributed by atoms with Gasteiger partial charge in [0.2, 0.25) is 20.1 Å². The maximum absolute atomic E-state index is 15.0. The lowest BCUT2D eigenvalue weighted by Gasteiger charge is -2.54. The molecule has 8 rings (SSSR count). The van der Waals surface area contributed by atoms with Crippen LogP contribution < -0.4 is 10.6 Å². The molecule has 0 aromatic heterocycles. The Labute approximate surface area is 667 Å². The quantitative estimate of drug-likeness (QED) is 0.0131. The lowest BCUT2D eigenvalue weighted by atomic mass is 9.93. The molecule has 4 saturated heterocycles. The molecule has 4 heterocycles. The van der Waals surface area contributed by atoms with Crippen molar-refractivity contribution in [1.82, 2.24) is 10.6 Å². The normalized spacial score (nSPS) is 28.1. The highest BCUT2D eigenvalue weighted by atomic mass is 32.3. The molecule has 6 N–H and O–H groups in total. The number of hydrogen-bond donors (Lipinski definition) is 6. The van der Waals surface area contributed by atoms with Gasteiger partial charge >= 0.3 is 77.4 Å². The van der Waals surface area contributed by atoms with Crippen LogP contribution in [0.25, 0.3) is 0 Å². The first-order valence-corrected chi connectivity index (χ1v) is 42.8. The summed E-state index contributed by atoms with van der Waals surface area (Å²) in [4.78, 5) is 117. The molecule has 640 valence electrons. The van der Waals surface area contributed by atoms with E-state index in [1.54, 1.807) is 12.6 Å². The van der Waals surface area contributed by atoms with Gasteiger partial charge in [0.25, 0.3) is 0 Å². The number of amides is 2. The second kappa shape index (κ2) is 39.1. The fourth-order valence-electron chi connectivity index (χ4n) is 12.9. The summed E-state index contributed by atoms with van der Waals surface area (Å²) in [5.74, 6) is -10.7. The highest BCUT2D eigenvalue weighted by Crippen LogP contribution is 2.53. The van der Waals surface area contributed by atoms with E-state index in [4.69, 9.17) is 83.3 Å². The SMILES string of the molecule is C=CCO[C@@H]1OC(COS(=O)(=O)O)[C@H](OS(=O)(=O)O)[C@H](O[C@@H]2OC(C(=O)OC)[C@@H](O[C@@H]3OC(COS(=O)(=O)O)[C@H](OS(=O)(=O)O)[C@H](O[C@@H]4OC(C(=O)OC)[C@@H](O[Si](C)(C(C)(C)C)C(C)(C)C)[C@H](OC(=O)c5ccccc5)C4OC(=O)c4ccccc4)C3NC(C)=O)[C@H](OC(=O)c3ccccc3)C2OC(=O)c2ccccc2)C1NC(C)=O. The Kier molecular flexibility index (Phi) is 31.4. The second-order valence-electron chi connectivity index (χ2n) is 28.3. The predicted octanol–water partition coefficient (Wildman–Crippen LogP) is 3.08. The summed E-state index contributed by atoms with van der Waals surface area (Å²) in [5.41, 5.74) is -1.15. The number of rotatable bonds is 33. The van der Waals surface area contributed by atoms with Crippen LogP contribution in [0, 0.1) is 0 Å². The van der Waals surface area contributed by atoms with E-state index >= 15 is 9.59 Å². The molecule has 4 aromatic carbocycles. The molecule has 41 nitrogen and oxygen atoms in total. The van der Waals surface area contributed by atoms with Gasteiger partial charge in [-0.25, -0.2) is 45.5 Å². The largest absolute Gasteiger partial charge is 0.467 e. The highest BCUT2D eigenvalue weighted by Gasteiger charge is 2.65. The molecule has 2 amide bonds. The predicted molar refractivity (Wildman–Crippen MR) is 391 cm³/mol. The van der Waals surface area contributed by atoms with Crippen LogP contribution in [0.15, 0.2) is 134 Å². The van der Waals surface area contributed by atoms with Gasteiger partial charge < -0.3 is 81.4 Å². The van der Waals surface area contributed by atoms with Gasteiger partial charge in [-0.05, 0) is 65.2 Å². The Morgan fingerprint density at radius 2 is 0.741 bits per heavy atom. The number of carbonyl (C=O) groups is 8. The summed E-state index contributed by atoms with van der Waals surface area (Å²) >= 11 is 0. The van der Waals surface area contributed by atoms with Gasteiger partial charge in [-0.1, -0.05) is 120 Å². The minimum Gasteiger partial charge on any atom is -0.467 e. The molecule has 0 saturated carbocycles. The molecule has 20 atom stereocenters. The van der Waals surface area contributed by atoms with Crippen molar-refractivity contribution in [3.8, 4) is 0 Å². The van der Waals surface area contributed by atoms with Crippen molar-refractivity contribution in [3.05, 3.63) is 156 Å². The molecule has 0 bridgehead atoms. The summed E-state index contributed by atoms with van der Waals surface area (Å²) in [5, 5.41) is 3.03. The first kappa shape index (κ1) is 93.2. The number of hydrogen-bond acceptors (Lipinski definition) is 35. The van der Waals surface area contributed by atoms with Crippen LogP contribution in [0.2, 0.25) is 16.6 Å². The third-order valence-electron chi connectivity index (χ3n) is 18.6. The maximum atomic E-state index is 15.0. The van der Waals surface area contributed by atoms with Crippen molar-refractivity contribution >= 4 is 97.5 Å². The number of nitrogens with one attached hydrogen (secondary N) is 2. The van der Waals surface area contributed by atoms with Crippen LogP contribution in [0.5, 0.6) is 0 Å². The molecule has 0 spiro atoms. The smallest absolute Gasteiger partial charge is 0.397 e. The number of methoxy groups -OCH3 is 2. The number of benzene rings is 4. The van der Waals surface area contributed by atoms with Gasteiger partial charge in [-0.15, -0.1) is 6.58 Å². The van der Waals surface area contributed by atoms with Crippen molar-refractivity contribution in [2.45, 2.75) is 195 Å². The lowest BCUT2D eigenvalue weighted by Crippen LogP contribution is -2.72. The van der Waals surface area contributed by atoms with Gasteiger partial charge in [0.1, 0.15) is 60.9 Å². The molecule has 0 aliphatic carbocycles. The van der Waals surface area contributed by atoms with E-state index in [-0.39, 0.29) is 22.3 Å². The molecule has 116 heavy (non-hydrogen) atoms. The van der Waals surface area contributed by atoms with Gasteiger partial charge in [0, 0.05) is 13.8 Å². The number of ether oxygens (including phenoxy) is 14. The van der Waals surface area contributed by atoms with E-state index in [0.29, 0.717) is 0 Å². The molecular weight excluding hydrogens is 1650 g/mol. The zero-order valence-corrected chi connectivity index (χ0v) is 68.0. The monoisotopic (exact) mass is 1740 g/mol.